The summed E-state index contributed by atoms with van der Waals surface area (Å²) in [4.78, 5) is 28.9. The molecule has 0 fully saturated rings. The Morgan fingerprint density at radius 3 is 2.48 bits per heavy atom. The molecular formula is C21H32N2O2. The molecule has 0 N–H and O–H groups in total. The first-order valence-corrected chi connectivity index (χ1v) is 9.83. The van der Waals surface area contributed by atoms with Crippen LogP contribution >= 0.6 is 0 Å². The van der Waals surface area contributed by atoms with Crippen LogP contribution < -0.4 is 4.90 Å². The number of carbonyl (C=O) groups excluding carboxylic acids is 2. The second-order valence-corrected chi connectivity index (χ2v) is 6.87. The van der Waals surface area contributed by atoms with Gasteiger partial charge < -0.3 is 9.80 Å². The molecule has 1 aromatic rings. The molecule has 4 heteroatoms. The Bertz CT molecular complexity index is 565. The Balaban J connectivity index is 1.89. The van der Waals surface area contributed by atoms with E-state index < -0.39 is 0 Å². The number of aryl methyl sites for hydroxylation is 1. The standard InChI is InChI=1S/C21H32N2O2/c1-3-15-22(16-4-2)20(24)13-9-14-21(25)23-17-8-7-11-18-10-5-6-12-19(18)23/h5-6,10,12H,3-4,7-9,11,13-17H2,1-2H3. The minimum absolute atomic E-state index is 0.152. The van der Waals surface area contributed by atoms with E-state index in [0.29, 0.717) is 19.3 Å². The molecule has 2 amide bonds. The number of anilines is 1. The lowest BCUT2D eigenvalue weighted by Crippen LogP contribution is -2.33. The van der Waals surface area contributed by atoms with Gasteiger partial charge in [0.25, 0.3) is 0 Å². The van der Waals surface area contributed by atoms with Gasteiger partial charge in [0.05, 0.1) is 0 Å². The third-order valence-corrected chi connectivity index (χ3v) is 4.78. The molecule has 0 bridgehead atoms. The van der Waals surface area contributed by atoms with E-state index in [0.717, 1.165) is 57.4 Å². The Kier molecular flexibility index (Phi) is 7.96. The van der Waals surface area contributed by atoms with Crippen LogP contribution in [0.4, 0.5) is 5.69 Å². The van der Waals surface area contributed by atoms with Crippen molar-refractivity contribution in [3.05, 3.63) is 29.8 Å². The van der Waals surface area contributed by atoms with Gasteiger partial charge in [0.15, 0.2) is 0 Å². The quantitative estimate of drug-likeness (QED) is 0.710. The van der Waals surface area contributed by atoms with Crippen LogP contribution in [0.5, 0.6) is 0 Å². The zero-order chi connectivity index (χ0) is 18.1. The van der Waals surface area contributed by atoms with E-state index in [-0.39, 0.29) is 11.8 Å². The largest absolute Gasteiger partial charge is 0.343 e. The molecule has 25 heavy (non-hydrogen) atoms. The van der Waals surface area contributed by atoms with Crippen LogP contribution in [-0.4, -0.2) is 36.3 Å². The van der Waals surface area contributed by atoms with Crippen LogP contribution in [0, 0.1) is 0 Å². The average molecular weight is 344 g/mol. The minimum atomic E-state index is 0.152. The summed E-state index contributed by atoms with van der Waals surface area (Å²) in [6.07, 6.45) is 6.74. The lowest BCUT2D eigenvalue weighted by Gasteiger charge is -2.24. The zero-order valence-electron chi connectivity index (χ0n) is 15.8. The van der Waals surface area contributed by atoms with Crippen LogP contribution in [-0.2, 0) is 16.0 Å². The SMILES string of the molecule is CCCN(CCC)C(=O)CCCC(=O)N1CCCCc2ccccc21. The molecule has 0 aromatic heterocycles. The summed E-state index contributed by atoms with van der Waals surface area (Å²) in [5.41, 5.74) is 2.33. The highest BCUT2D eigenvalue weighted by molar-refractivity contribution is 5.94. The topological polar surface area (TPSA) is 40.6 Å². The maximum absolute atomic E-state index is 12.7. The number of benzene rings is 1. The number of fused-ring (bicyclic) bond motifs is 1. The summed E-state index contributed by atoms with van der Waals surface area (Å²) >= 11 is 0. The maximum atomic E-state index is 12.7. The first kappa shape index (κ1) is 19.5. The van der Waals surface area contributed by atoms with E-state index in [1.165, 1.54) is 5.56 Å². The number of para-hydroxylation sites is 1. The monoisotopic (exact) mass is 344 g/mol. The first-order chi connectivity index (χ1) is 12.2. The third kappa shape index (κ3) is 5.58. The van der Waals surface area contributed by atoms with Gasteiger partial charge in [-0.3, -0.25) is 9.59 Å². The van der Waals surface area contributed by atoms with Gasteiger partial charge in [0.1, 0.15) is 0 Å². The molecule has 1 aliphatic heterocycles. The van der Waals surface area contributed by atoms with Crippen LogP contribution in [0.1, 0.15) is 64.4 Å². The zero-order valence-corrected chi connectivity index (χ0v) is 15.8. The third-order valence-electron chi connectivity index (χ3n) is 4.78. The normalized spacial score (nSPS) is 13.9. The van der Waals surface area contributed by atoms with Crippen molar-refractivity contribution in [1.82, 2.24) is 4.90 Å². The molecular weight excluding hydrogens is 312 g/mol. The van der Waals surface area contributed by atoms with Crippen LogP contribution in [0.25, 0.3) is 0 Å². The van der Waals surface area contributed by atoms with Gasteiger partial charge in [-0.15, -0.1) is 0 Å². The van der Waals surface area contributed by atoms with Crippen LogP contribution in [0.15, 0.2) is 24.3 Å². The number of hydrogen-bond donors (Lipinski definition) is 0. The predicted molar refractivity (Wildman–Crippen MR) is 103 cm³/mol. The van der Waals surface area contributed by atoms with Crippen molar-refractivity contribution >= 4 is 17.5 Å². The first-order valence-electron chi connectivity index (χ1n) is 9.83. The van der Waals surface area contributed by atoms with Crippen molar-refractivity contribution in [2.24, 2.45) is 0 Å². The molecule has 1 aromatic carbocycles. The fraction of sp³-hybridized carbons (Fsp3) is 0.619. The number of hydrogen-bond acceptors (Lipinski definition) is 2. The van der Waals surface area contributed by atoms with Crippen LogP contribution in [0.3, 0.4) is 0 Å². The van der Waals surface area contributed by atoms with Gasteiger partial charge in [0, 0.05) is 38.2 Å². The van der Waals surface area contributed by atoms with E-state index in [4.69, 9.17) is 0 Å². The van der Waals surface area contributed by atoms with E-state index in [1.54, 1.807) is 0 Å². The highest BCUT2D eigenvalue weighted by Crippen LogP contribution is 2.26. The lowest BCUT2D eigenvalue weighted by molar-refractivity contribution is -0.131. The molecule has 0 aliphatic carbocycles. The summed E-state index contributed by atoms with van der Waals surface area (Å²) in [6, 6.07) is 8.22. The number of nitrogens with zero attached hydrogens (tertiary/aromatic N) is 2. The highest BCUT2D eigenvalue weighted by atomic mass is 16.2. The van der Waals surface area contributed by atoms with Crippen LogP contribution in [0.2, 0.25) is 0 Å². The van der Waals surface area contributed by atoms with Gasteiger partial charge in [-0.1, -0.05) is 32.0 Å². The Labute approximate surface area is 152 Å². The molecule has 1 aliphatic rings. The van der Waals surface area contributed by atoms with E-state index in [9.17, 15) is 9.59 Å². The Morgan fingerprint density at radius 1 is 1.04 bits per heavy atom. The Hall–Kier alpha value is -1.84. The van der Waals surface area contributed by atoms with E-state index >= 15 is 0 Å². The van der Waals surface area contributed by atoms with Gasteiger partial charge in [-0.25, -0.2) is 0 Å². The fourth-order valence-corrected chi connectivity index (χ4v) is 3.54. The predicted octanol–water partition coefficient (Wildman–Crippen LogP) is 4.17. The molecule has 0 unspecified atom stereocenters. The summed E-state index contributed by atoms with van der Waals surface area (Å²) in [7, 11) is 0. The van der Waals surface area contributed by atoms with Crippen molar-refractivity contribution < 1.29 is 9.59 Å². The molecule has 138 valence electrons. The molecule has 0 radical (unpaired) electrons. The van der Waals surface area contributed by atoms with Crippen molar-refractivity contribution in [3.8, 4) is 0 Å². The second kappa shape index (κ2) is 10.2. The number of carbonyl (C=O) groups is 2. The summed E-state index contributed by atoms with van der Waals surface area (Å²) in [6.45, 7) is 6.62. The highest BCUT2D eigenvalue weighted by Gasteiger charge is 2.21. The minimum Gasteiger partial charge on any atom is -0.343 e. The molecule has 2 rings (SSSR count). The van der Waals surface area contributed by atoms with E-state index in [2.05, 4.69) is 19.9 Å². The average Bonchev–Trinajstić information content (AvgIpc) is 2.84. The number of rotatable bonds is 8. The van der Waals surface area contributed by atoms with Gasteiger partial charge >= 0.3 is 0 Å². The number of amides is 2. The molecule has 0 saturated carbocycles. The lowest BCUT2D eigenvalue weighted by atomic mass is 10.1. The maximum Gasteiger partial charge on any atom is 0.226 e. The fourth-order valence-electron chi connectivity index (χ4n) is 3.54. The molecule has 1 heterocycles. The smallest absolute Gasteiger partial charge is 0.226 e. The Morgan fingerprint density at radius 2 is 1.76 bits per heavy atom. The van der Waals surface area contributed by atoms with Crippen molar-refractivity contribution in [2.75, 3.05) is 24.5 Å². The summed E-state index contributed by atoms with van der Waals surface area (Å²) in [5.74, 6) is 0.340. The van der Waals surface area contributed by atoms with E-state index in [1.807, 2.05) is 28.0 Å². The molecule has 0 spiro atoms. The van der Waals surface area contributed by atoms with Gasteiger partial charge in [0.2, 0.25) is 11.8 Å². The van der Waals surface area contributed by atoms with Gasteiger partial charge in [-0.05, 0) is 50.2 Å². The molecule has 0 saturated heterocycles. The molecule has 0 atom stereocenters. The summed E-state index contributed by atoms with van der Waals surface area (Å²) < 4.78 is 0. The van der Waals surface area contributed by atoms with Crippen molar-refractivity contribution in [3.63, 3.8) is 0 Å². The molecule has 4 nitrogen and oxygen atoms in total. The van der Waals surface area contributed by atoms with Gasteiger partial charge in [-0.2, -0.15) is 0 Å². The van der Waals surface area contributed by atoms with Crippen molar-refractivity contribution in [2.45, 2.75) is 65.2 Å². The second-order valence-electron chi connectivity index (χ2n) is 6.87. The van der Waals surface area contributed by atoms with Crippen molar-refractivity contribution in [1.29, 1.82) is 0 Å². The summed E-state index contributed by atoms with van der Waals surface area (Å²) in [5, 5.41) is 0.